The smallest absolute Gasteiger partial charge is 0.252 e. The van der Waals surface area contributed by atoms with E-state index in [0.29, 0.717) is 16.1 Å². The Bertz CT molecular complexity index is 927. The molecule has 1 amide bonds. The fourth-order valence-corrected chi connectivity index (χ4v) is 3.41. The molecule has 124 valence electrons. The first-order valence-electron chi connectivity index (χ1n) is 7.67. The monoisotopic (exact) mass is 366 g/mol. The predicted molar refractivity (Wildman–Crippen MR) is 101 cm³/mol. The van der Waals surface area contributed by atoms with Gasteiger partial charge >= 0.3 is 0 Å². The molecule has 3 aromatic rings. The molecule has 25 heavy (non-hydrogen) atoms. The molecule has 0 bridgehead atoms. The summed E-state index contributed by atoms with van der Waals surface area (Å²) in [5.41, 5.74) is 3.87. The number of halogens is 1. The third-order valence-corrected chi connectivity index (χ3v) is 4.92. The summed E-state index contributed by atoms with van der Waals surface area (Å²) in [4.78, 5) is 12.7. The number of amides is 1. The summed E-state index contributed by atoms with van der Waals surface area (Å²) in [5, 5.41) is 16.8. The fraction of sp³-hybridized carbons (Fsp3) is 0.100. The standard InChI is InChI=1S/C20H15ClN2OS/c1-13-10-15(2-3-16(13)11-22)20(24)23-19(17-8-9-25-12-17)14-4-6-18(21)7-5-14/h2-10,12,19H,1H3,(H,23,24). The second-order valence-electron chi connectivity index (χ2n) is 5.66. The lowest BCUT2D eigenvalue weighted by atomic mass is 10.00. The van der Waals surface area contributed by atoms with Crippen molar-refractivity contribution in [3.05, 3.63) is 92.1 Å². The molecule has 0 radical (unpaired) electrons. The van der Waals surface area contributed by atoms with Gasteiger partial charge in [-0.3, -0.25) is 4.79 Å². The van der Waals surface area contributed by atoms with Gasteiger partial charge in [0.1, 0.15) is 0 Å². The number of thiophene rings is 1. The van der Waals surface area contributed by atoms with Crippen LogP contribution in [0.1, 0.15) is 38.7 Å². The van der Waals surface area contributed by atoms with Crippen LogP contribution >= 0.6 is 22.9 Å². The number of rotatable bonds is 4. The first-order chi connectivity index (χ1) is 12.1. The molecular formula is C20H15ClN2OS. The third-order valence-electron chi connectivity index (χ3n) is 3.96. The van der Waals surface area contributed by atoms with Crippen LogP contribution in [0.5, 0.6) is 0 Å². The maximum absolute atomic E-state index is 12.7. The van der Waals surface area contributed by atoms with Crippen LogP contribution in [0.3, 0.4) is 0 Å². The zero-order valence-corrected chi connectivity index (χ0v) is 15.1. The maximum Gasteiger partial charge on any atom is 0.252 e. The zero-order chi connectivity index (χ0) is 17.8. The van der Waals surface area contributed by atoms with Gasteiger partial charge in [-0.25, -0.2) is 0 Å². The van der Waals surface area contributed by atoms with E-state index in [2.05, 4.69) is 11.4 Å². The van der Waals surface area contributed by atoms with E-state index in [1.54, 1.807) is 29.5 Å². The van der Waals surface area contributed by atoms with Crippen molar-refractivity contribution < 1.29 is 4.79 Å². The summed E-state index contributed by atoms with van der Waals surface area (Å²) < 4.78 is 0. The van der Waals surface area contributed by atoms with Gasteiger partial charge in [-0.2, -0.15) is 16.6 Å². The Morgan fingerprint density at radius 2 is 1.92 bits per heavy atom. The molecule has 1 atom stereocenters. The van der Waals surface area contributed by atoms with Gasteiger partial charge < -0.3 is 5.32 Å². The molecule has 2 aromatic carbocycles. The summed E-state index contributed by atoms with van der Waals surface area (Å²) in [6.45, 7) is 1.82. The molecule has 0 spiro atoms. The van der Waals surface area contributed by atoms with Crippen LogP contribution in [-0.2, 0) is 0 Å². The lowest BCUT2D eigenvalue weighted by molar-refractivity contribution is 0.0943. The van der Waals surface area contributed by atoms with Gasteiger partial charge in [-0.15, -0.1) is 0 Å². The van der Waals surface area contributed by atoms with Crippen molar-refractivity contribution in [2.24, 2.45) is 0 Å². The average Bonchev–Trinajstić information content (AvgIpc) is 3.14. The van der Waals surface area contributed by atoms with E-state index < -0.39 is 0 Å². The van der Waals surface area contributed by atoms with E-state index in [9.17, 15) is 4.79 Å². The first-order valence-corrected chi connectivity index (χ1v) is 9.00. The van der Waals surface area contributed by atoms with Gasteiger partial charge in [0.15, 0.2) is 0 Å². The Hall–Kier alpha value is -2.61. The Labute approximate surface area is 155 Å². The minimum absolute atomic E-state index is 0.182. The molecule has 1 heterocycles. The molecule has 1 N–H and O–H groups in total. The van der Waals surface area contributed by atoms with Crippen molar-refractivity contribution in [1.29, 1.82) is 5.26 Å². The predicted octanol–water partition coefficient (Wildman–Crippen LogP) is 5.10. The normalized spacial score (nSPS) is 11.6. The van der Waals surface area contributed by atoms with E-state index in [1.807, 2.05) is 48.0 Å². The molecule has 0 aliphatic heterocycles. The summed E-state index contributed by atoms with van der Waals surface area (Å²) in [5.74, 6) is -0.182. The van der Waals surface area contributed by atoms with Crippen LogP contribution in [0.2, 0.25) is 5.02 Å². The Morgan fingerprint density at radius 1 is 1.16 bits per heavy atom. The highest BCUT2D eigenvalue weighted by atomic mass is 35.5. The molecule has 0 fully saturated rings. The molecule has 0 aliphatic carbocycles. The molecule has 1 aromatic heterocycles. The number of carbonyl (C=O) groups is 1. The summed E-state index contributed by atoms with van der Waals surface area (Å²) in [6, 6.07) is 16.4. The number of benzene rings is 2. The number of nitrogens with zero attached hydrogens (tertiary/aromatic N) is 1. The average molecular weight is 367 g/mol. The van der Waals surface area contributed by atoms with Gasteiger partial charge in [0.05, 0.1) is 17.7 Å². The highest BCUT2D eigenvalue weighted by molar-refractivity contribution is 7.08. The Morgan fingerprint density at radius 3 is 2.52 bits per heavy atom. The zero-order valence-electron chi connectivity index (χ0n) is 13.5. The van der Waals surface area contributed by atoms with Gasteiger partial charge in [-0.05, 0) is 70.8 Å². The molecule has 0 saturated carbocycles. The van der Waals surface area contributed by atoms with Crippen molar-refractivity contribution in [2.75, 3.05) is 0 Å². The highest BCUT2D eigenvalue weighted by Gasteiger charge is 2.18. The van der Waals surface area contributed by atoms with Crippen molar-refractivity contribution in [2.45, 2.75) is 13.0 Å². The molecule has 0 saturated heterocycles. The lowest BCUT2D eigenvalue weighted by Gasteiger charge is -2.19. The second-order valence-corrected chi connectivity index (χ2v) is 6.87. The topological polar surface area (TPSA) is 52.9 Å². The van der Waals surface area contributed by atoms with Crippen LogP contribution in [0.15, 0.2) is 59.3 Å². The molecular weight excluding hydrogens is 352 g/mol. The van der Waals surface area contributed by atoms with Gasteiger partial charge in [0.25, 0.3) is 5.91 Å². The molecule has 3 nitrogen and oxygen atoms in total. The molecule has 1 unspecified atom stereocenters. The Balaban J connectivity index is 1.90. The SMILES string of the molecule is Cc1cc(C(=O)NC(c2ccc(Cl)cc2)c2ccsc2)ccc1C#N. The molecule has 5 heteroatoms. The van der Waals surface area contributed by atoms with Crippen molar-refractivity contribution in [3.63, 3.8) is 0 Å². The van der Waals surface area contributed by atoms with E-state index >= 15 is 0 Å². The second kappa shape index (κ2) is 7.52. The van der Waals surface area contributed by atoms with Crippen LogP contribution in [0, 0.1) is 18.3 Å². The van der Waals surface area contributed by atoms with Gasteiger partial charge in [0, 0.05) is 10.6 Å². The summed E-state index contributed by atoms with van der Waals surface area (Å²) in [7, 11) is 0. The van der Waals surface area contributed by atoms with Crippen molar-refractivity contribution in [1.82, 2.24) is 5.32 Å². The van der Waals surface area contributed by atoms with E-state index in [1.165, 1.54) is 0 Å². The van der Waals surface area contributed by atoms with E-state index in [0.717, 1.165) is 16.7 Å². The number of nitriles is 1. The van der Waals surface area contributed by atoms with Crippen molar-refractivity contribution in [3.8, 4) is 6.07 Å². The van der Waals surface area contributed by atoms with Crippen LogP contribution in [0.25, 0.3) is 0 Å². The number of carbonyl (C=O) groups excluding carboxylic acids is 1. The number of aryl methyl sites for hydroxylation is 1. The quantitative estimate of drug-likeness (QED) is 0.698. The van der Waals surface area contributed by atoms with Gasteiger partial charge in [0.2, 0.25) is 0 Å². The number of nitrogens with one attached hydrogen (secondary N) is 1. The van der Waals surface area contributed by atoms with E-state index in [4.69, 9.17) is 16.9 Å². The van der Waals surface area contributed by atoms with Crippen LogP contribution in [0.4, 0.5) is 0 Å². The number of hydrogen-bond acceptors (Lipinski definition) is 3. The van der Waals surface area contributed by atoms with E-state index in [-0.39, 0.29) is 11.9 Å². The van der Waals surface area contributed by atoms with Crippen LogP contribution < -0.4 is 5.32 Å². The lowest BCUT2D eigenvalue weighted by Crippen LogP contribution is -2.29. The highest BCUT2D eigenvalue weighted by Crippen LogP contribution is 2.26. The molecule has 3 rings (SSSR count). The third kappa shape index (κ3) is 3.90. The minimum Gasteiger partial charge on any atom is -0.341 e. The first kappa shape index (κ1) is 17.2. The summed E-state index contributed by atoms with van der Waals surface area (Å²) >= 11 is 7.56. The minimum atomic E-state index is -0.257. The fourth-order valence-electron chi connectivity index (χ4n) is 2.60. The number of hydrogen-bond donors (Lipinski definition) is 1. The summed E-state index contributed by atoms with van der Waals surface area (Å²) in [6.07, 6.45) is 0. The largest absolute Gasteiger partial charge is 0.341 e. The Kier molecular flexibility index (Phi) is 5.18. The van der Waals surface area contributed by atoms with Crippen LogP contribution in [-0.4, -0.2) is 5.91 Å². The van der Waals surface area contributed by atoms with Gasteiger partial charge in [-0.1, -0.05) is 23.7 Å². The maximum atomic E-state index is 12.7. The molecule has 0 aliphatic rings. The van der Waals surface area contributed by atoms with Crippen molar-refractivity contribution >= 4 is 28.8 Å².